The Bertz CT molecular complexity index is 2440. The lowest BCUT2D eigenvalue weighted by Gasteiger charge is -2.28. The molecule has 2 aromatic heterocycles. The molecule has 0 aliphatic rings. The molecule has 0 saturated carbocycles. The summed E-state index contributed by atoms with van der Waals surface area (Å²) < 4.78 is 5.03. The summed E-state index contributed by atoms with van der Waals surface area (Å²) in [7, 11) is 0. The normalized spacial score (nSPS) is 11.6. The second-order valence-corrected chi connectivity index (χ2v) is 12.4. The number of nitrogens with zero attached hydrogens (tertiary/aromatic N) is 2. The van der Waals surface area contributed by atoms with Crippen molar-refractivity contribution in [2.45, 2.75) is 0 Å². The van der Waals surface area contributed by atoms with Crippen LogP contribution in [-0.4, -0.2) is 4.57 Å². The predicted octanol–water partition coefficient (Wildman–Crippen LogP) is 12.3. The first-order valence-electron chi connectivity index (χ1n) is 15.3. The van der Waals surface area contributed by atoms with Gasteiger partial charge in [-0.05, 0) is 72.3 Å². The Labute approximate surface area is 265 Å². The van der Waals surface area contributed by atoms with Gasteiger partial charge in [-0.1, -0.05) is 103 Å². The summed E-state index contributed by atoms with van der Waals surface area (Å²) in [5.74, 6) is 0. The zero-order valence-corrected chi connectivity index (χ0v) is 25.3. The molecule has 0 atom stereocenters. The van der Waals surface area contributed by atoms with Gasteiger partial charge in [0.2, 0.25) is 0 Å². The second-order valence-electron chi connectivity index (χ2n) is 11.4. The highest BCUT2D eigenvalue weighted by Gasteiger charge is 2.23. The molecule has 45 heavy (non-hydrogen) atoms. The van der Waals surface area contributed by atoms with Gasteiger partial charge in [0, 0.05) is 53.6 Å². The van der Waals surface area contributed by atoms with E-state index in [0.29, 0.717) is 0 Å². The molecule has 2 heterocycles. The van der Waals surface area contributed by atoms with Crippen LogP contribution in [0.4, 0.5) is 17.1 Å². The summed E-state index contributed by atoms with van der Waals surface area (Å²) >= 11 is 1.87. The van der Waals surface area contributed by atoms with E-state index in [4.69, 9.17) is 0 Å². The predicted molar refractivity (Wildman–Crippen MR) is 194 cm³/mol. The van der Waals surface area contributed by atoms with Gasteiger partial charge in [0.25, 0.3) is 0 Å². The number of rotatable bonds is 5. The first kappa shape index (κ1) is 25.8. The number of fused-ring (bicyclic) bond motifs is 6. The van der Waals surface area contributed by atoms with Gasteiger partial charge in [0.1, 0.15) is 0 Å². The van der Waals surface area contributed by atoms with Gasteiger partial charge in [-0.25, -0.2) is 0 Å². The van der Waals surface area contributed by atoms with Crippen molar-refractivity contribution < 1.29 is 0 Å². The van der Waals surface area contributed by atoms with Crippen LogP contribution in [0.1, 0.15) is 0 Å². The fourth-order valence-electron chi connectivity index (χ4n) is 6.84. The fraction of sp³-hybridized carbons (Fsp3) is 0. The third-order valence-electron chi connectivity index (χ3n) is 8.77. The highest BCUT2D eigenvalue weighted by Crippen LogP contribution is 2.48. The molecule has 0 aliphatic heterocycles. The van der Waals surface area contributed by atoms with E-state index >= 15 is 0 Å². The van der Waals surface area contributed by atoms with Crippen molar-refractivity contribution in [3.63, 3.8) is 0 Å². The number of hydrogen-bond acceptors (Lipinski definition) is 2. The molecule has 212 valence electrons. The van der Waals surface area contributed by atoms with Crippen molar-refractivity contribution in [3.05, 3.63) is 170 Å². The summed E-state index contributed by atoms with van der Waals surface area (Å²) in [4.78, 5) is 2.41. The first-order chi connectivity index (χ1) is 22.3. The number of hydrogen-bond donors (Lipinski definition) is 0. The quantitative estimate of drug-likeness (QED) is 0.193. The van der Waals surface area contributed by atoms with E-state index in [1.54, 1.807) is 0 Å². The minimum Gasteiger partial charge on any atom is -0.310 e. The summed E-state index contributed by atoms with van der Waals surface area (Å²) in [5.41, 5.74) is 9.39. The average molecular weight is 593 g/mol. The van der Waals surface area contributed by atoms with Gasteiger partial charge in [0.05, 0.1) is 16.7 Å². The van der Waals surface area contributed by atoms with Crippen molar-refractivity contribution in [2.24, 2.45) is 0 Å². The molecule has 2 nitrogen and oxygen atoms in total. The van der Waals surface area contributed by atoms with Gasteiger partial charge in [0.15, 0.2) is 0 Å². The Morgan fingerprint density at radius 1 is 0.422 bits per heavy atom. The molecular formula is C42H28N2S. The molecule has 9 rings (SSSR count). The number of para-hydroxylation sites is 4. The molecule has 0 fully saturated rings. The summed E-state index contributed by atoms with van der Waals surface area (Å²) in [6.45, 7) is 0. The smallest absolute Gasteiger partial charge is 0.0548 e. The molecule has 0 spiro atoms. The van der Waals surface area contributed by atoms with Crippen molar-refractivity contribution >= 4 is 70.4 Å². The highest BCUT2D eigenvalue weighted by molar-refractivity contribution is 7.25. The number of anilines is 3. The minimum absolute atomic E-state index is 1.12. The third kappa shape index (κ3) is 4.16. The lowest BCUT2D eigenvalue weighted by Crippen LogP contribution is -2.11. The topological polar surface area (TPSA) is 8.17 Å². The minimum atomic E-state index is 1.12. The van der Waals surface area contributed by atoms with Crippen molar-refractivity contribution in [1.29, 1.82) is 0 Å². The van der Waals surface area contributed by atoms with Crippen LogP contribution in [0.15, 0.2) is 170 Å². The van der Waals surface area contributed by atoms with E-state index in [1.807, 2.05) is 11.3 Å². The molecule has 0 amide bonds. The van der Waals surface area contributed by atoms with E-state index in [-0.39, 0.29) is 0 Å². The van der Waals surface area contributed by atoms with Crippen LogP contribution in [-0.2, 0) is 0 Å². The zero-order valence-electron chi connectivity index (χ0n) is 24.5. The van der Waals surface area contributed by atoms with Crippen molar-refractivity contribution in [3.8, 4) is 16.8 Å². The van der Waals surface area contributed by atoms with Gasteiger partial charge in [-0.3, -0.25) is 0 Å². The van der Waals surface area contributed by atoms with E-state index in [2.05, 4.69) is 179 Å². The van der Waals surface area contributed by atoms with Gasteiger partial charge in [-0.15, -0.1) is 11.3 Å². The monoisotopic (exact) mass is 592 g/mol. The van der Waals surface area contributed by atoms with E-state index < -0.39 is 0 Å². The Kier molecular flexibility index (Phi) is 6.03. The number of benzene rings is 7. The average Bonchev–Trinajstić information content (AvgIpc) is 3.65. The van der Waals surface area contributed by atoms with Crippen LogP contribution in [0.25, 0.3) is 58.8 Å². The summed E-state index contributed by atoms with van der Waals surface area (Å²) in [5, 5.41) is 5.08. The lowest BCUT2D eigenvalue weighted by molar-refractivity contribution is 1.18. The molecule has 0 saturated heterocycles. The molecule has 9 aromatic rings. The molecule has 0 radical (unpaired) electrons. The van der Waals surface area contributed by atoms with Crippen LogP contribution in [0.2, 0.25) is 0 Å². The van der Waals surface area contributed by atoms with Crippen LogP contribution < -0.4 is 4.90 Å². The second kappa shape index (κ2) is 10.5. The van der Waals surface area contributed by atoms with E-state index in [0.717, 1.165) is 22.7 Å². The molecular weight excluding hydrogens is 565 g/mol. The molecule has 0 aliphatic carbocycles. The maximum Gasteiger partial charge on any atom is 0.0548 e. The standard InChI is InChI=1S/C42H28N2S/c1-4-15-29(16-5-1)43(30-17-6-2-7-18-30)38-27-35-32-21-10-12-24-37(32)44(31-19-8-3-9-20-31)39(35)28-36(38)33-23-14-26-41-42(33)34-22-11-13-25-40(34)45-41/h1-28H. The summed E-state index contributed by atoms with van der Waals surface area (Å²) in [6, 6.07) is 61.4. The molecule has 7 aromatic carbocycles. The highest BCUT2D eigenvalue weighted by atomic mass is 32.1. The van der Waals surface area contributed by atoms with Gasteiger partial charge < -0.3 is 9.47 Å². The largest absolute Gasteiger partial charge is 0.310 e. The van der Waals surface area contributed by atoms with Crippen LogP contribution in [0.3, 0.4) is 0 Å². The maximum atomic E-state index is 2.43. The number of thiophene rings is 1. The van der Waals surface area contributed by atoms with Crippen LogP contribution in [0, 0.1) is 0 Å². The fourth-order valence-corrected chi connectivity index (χ4v) is 7.97. The zero-order chi connectivity index (χ0) is 29.7. The first-order valence-corrected chi connectivity index (χ1v) is 16.1. The van der Waals surface area contributed by atoms with Gasteiger partial charge in [-0.2, -0.15) is 0 Å². The molecule has 0 bridgehead atoms. The maximum absolute atomic E-state index is 2.43. The van der Waals surface area contributed by atoms with Crippen LogP contribution >= 0.6 is 11.3 Å². The molecule has 0 N–H and O–H groups in total. The SMILES string of the molecule is c1ccc(N(c2ccccc2)c2cc3c4ccccc4n(-c4ccccc4)c3cc2-c2cccc3sc4ccccc4c23)cc1. The molecule has 0 unspecified atom stereocenters. The Balaban J connectivity index is 1.46. The lowest BCUT2D eigenvalue weighted by atomic mass is 9.95. The Morgan fingerprint density at radius 2 is 1.02 bits per heavy atom. The Hall–Kier alpha value is -5.64. The number of aromatic nitrogens is 1. The van der Waals surface area contributed by atoms with Crippen molar-refractivity contribution in [2.75, 3.05) is 4.90 Å². The Morgan fingerprint density at radius 3 is 1.76 bits per heavy atom. The van der Waals surface area contributed by atoms with E-state index in [9.17, 15) is 0 Å². The summed E-state index contributed by atoms with van der Waals surface area (Å²) in [6.07, 6.45) is 0. The van der Waals surface area contributed by atoms with Gasteiger partial charge >= 0.3 is 0 Å². The van der Waals surface area contributed by atoms with Crippen LogP contribution in [0.5, 0.6) is 0 Å². The van der Waals surface area contributed by atoms with E-state index in [1.165, 1.54) is 53.1 Å². The van der Waals surface area contributed by atoms with Crippen molar-refractivity contribution in [1.82, 2.24) is 4.57 Å². The molecule has 3 heteroatoms. The third-order valence-corrected chi connectivity index (χ3v) is 9.90.